The number of halogens is 1. The third-order valence-corrected chi connectivity index (χ3v) is 4.96. The minimum absolute atomic E-state index is 0.0866. The van der Waals surface area contributed by atoms with Crippen molar-refractivity contribution >= 4 is 34.2 Å². The molecule has 10 heteroatoms. The van der Waals surface area contributed by atoms with Crippen LogP contribution in [-0.4, -0.2) is 51.8 Å². The molecule has 2 N–H and O–H groups in total. The lowest BCUT2D eigenvalue weighted by molar-refractivity contribution is 0.0695. The summed E-state index contributed by atoms with van der Waals surface area (Å²) in [4.78, 5) is 34.3. The van der Waals surface area contributed by atoms with Crippen LogP contribution in [0.25, 0.3) is 16.2 Å². The quantitative estimate of drug-likeness (QED) is 0.707. The highest BCUT2D eigenvalue weighted by atomic mass is 32.1. The Balaban J connectivity index is 2.02. The number of aromatic nitrogens is 3. The fourth-order valence-electron chi connectivity index (χ4n) is 2.95. The van der Waals surface area contributed by atoms with E-state index in [1.54, 1.807) is 16.5 Å². The van der Waals surface area contributed by atoms with Crippen LogP contribution >= 0.6 is 11.3 Å². The van der Waals surface area contributed by atoms with E-state index in [0.717, 1.165) is 6.07 Å². The normalized spacial score (nSPS) is 14.7. The topological polar surface area (TPSA) is 100 Å². The Labute approximate surface area is 150 Å². The summed E-state index contributed by atoms with van der Waals surface area (Å²) >= 11 is 1.26. The highest BCUT2D eigenvalue weighted by Crippen LogP contribution is 2.24. The number of carboxylic acid groups (broad SMARTS) is 1. The first kappa shape index (κ1) is 16.6. The van der Waals surface area contributed by atoms with Gasteiger partial charge >= 0.3 is 5.97 Å². The van der Waals surface area contributed by atoms with Crippen LogP contribution in [0.1, 0.15) is 10.4 Å². The Bertz CT molecular complexity index is 1040. The van der Waals surface area contributed by atoms with Crippen LogP contribution in [0.5, 0.6) is 0 Å². The Morgan fingerprint density at radius 1 is 1.35 bits per heavy atom. The SMILES string of the molecule is O=C(O)c1cn(-c2nccs2)c2nc(N3CCNCC3)c(F)cc2c1=O. The summed E-state index contributed by atoms with van der Waals surface area (Å²) in [6.45, 7) is 2.58. The van der Waals surface area contributed by atoms with E-state index < -0.39 is 22.8 Å². The number of piperazine rings is 1. The number of nitrogens with one attached hydrogen (secondary N) is 1. The Morgan fingerprint density at radius 3 is 2.77 bits per heavy atom. The van der Waals surface area contributed by atoms with Gasteiger partial charge < -0.3 is 15.3 Å². The maximum absolute atomic E-state index is 14.7. The maximum atomic E-state index is 14.7. The van der Waals surface area contributed by atoms with Crippen LogP contribution < -0.4 is 15.6 Å². The molecule has 1 saturated heterocycles. The van der Waals surface area contributed by atoms with Crippen molar-refractivity contribution in [1.29, 1.82) is 0 Å². The maximum Gasteiger partial charge on any atom is 0.341 e. The fourth-order valence-corrected chi connectivity index (χ4v) is 3.56. The van der Waals surface area contributed by atoms with Crippen molar-refractivity contribution in [2.45, 2.75) is 0 Å². The molecular formula is C16H14FN5O3S. The molecule has 1 aliphatic heterocycles. The van der Waals surface area contributed by atoms with Gasteiger partial charge in [-0.3, -0.25) is 9.36 Å². The van der Waals surface area contributed by atoms with E-state index in [1.165, 1.54) is 22.1 Å². The first-order valence-corrected chi connectivity index (χ1v) is 8.79. The number of hydrogen-bond donors (Lipinski definition) is 2. The van der Waals surface area contributed by atoms with E-state index >= 15 is 0 Å². The van der Waals surface area contributed by atoms with Crippen LogP contribution in [0, 0.1) is 5.82 Å². The highest BCUT2D eigenvalue weighted by Gasteiger charge is 2.22. The summed E-state index contributed by atoms with van der Waals surface area (Å²) in [6, 6.07) is 1.07. The lowest BCUT2D eigenvalue weighted by Crippen LogP contribution is -2.44. The minimum Gasteiger partial charge on any atom is -0.477 e. The molecule has 134 valence electrons. The van der Waals surface area contributed by atoms with E-state index in [1.807, 2.05) is 0 Å². The van der Waals surface area contributed by atoms with Crippen molar-refractivity contribution in [2.75, 3.05) is 31.1 Å². The highest BCUT2D eigenvalue weighted by molar-refractivity contribution is 7.12. The van der Waals surface area contributed by atoms with Crippen molar-refractivity contribution in [3.05, 3.63) is 45.4 Å². The molecule has 0 unspecified atom stereocenters. The summed E-state index contributed by atoms with van der Waals surface area (Å²) in [6.07, 6.45) is 2.75. The molecule has 0 bridgehead atoms. The predicted molar refractivity (Wildman–Crippen MR) is 95.0 cm³/mol. The first-order chi connectivity index (χ1) is 12.6. The summed E-state index contributed by atoms with van der Waals surface area (Å²) in [5.74, 6) is -1.88. The van der Waals surface area contributed by atoms with Crippen molar-refractivity contribution in [1.82, 2.24) is 19.9 Å². The van der Waals surface area contributed by atoms with Crippen LogP contribution in [0.15, 0.2) is 28.6 Å². The fraction of sp³-hybridized carbons (Fsp3) is 0.250. The Hall–Kier alpha value is -2.85. The second kappa shape index (κ2) is 6.46. The molecule has 1 aliphatic rings. The van der Waals surface area contributed by atoms with E-state index in [2.05, 4.69) is 15.3 Å². The molecule has 0 atom stereocenters. The van der Waals surface area contributed by atoms with Gasteiger partial charge in [0.1, 0.15) is 5.56 Å². The number of pyridine rings is 2. The summed E-state index contributed by atoms with van der Waals surface area (Å²) < 4.78 is 16.1. The largest absolute Gasteiger partial charge is 0.477 e. The number of rotatable bonds is 3. The molecule has 0 aliphatic carbocycles. The molecule has 0 amide bonds. The van der Waals surface area contributed by atoms with Crippen molar-refractivity contribution < 1.29 is 14.3 Å². The average Bonchev–Trinajstić information content (AvgIpc) is 3.17. The van der Waals surface area contributed by atoms with Gasteiger partial charge in [-0.25, -0.2) is 19.2 Å². The zero-order valence-corrected chi connectivity index (χ0v) is 14.3. The second-order valence-corrected chi connectivity index (χ2v) is 6.64. The molecule has 0 saturated carbocycles. The zero-order valence-electron chi connectivity index (χ0n) is 13.5. The molecule has 3 aromatic rings. The monoisotopic (exact) mass is 375 g/mol. The molecule has 1 fully saturated rings. The number of nitrogens with zero attached hydrogens (tertiary/aromatic N) is 4. The van der Waals surface area contributed by atoms with Gasteiger partial charge in [-0.15, -0.1) is 11.3 Å². The standard InChI is InChI=1S/C16H14FN5O3S/c17-11-7-9-12(23)10(15(24)25)8-22(16-19-3-6-26-16)13(9)20-14(11)21-4-1-18-2-5-21/h3,6-8,18H,1-2,4-5H2,(H,24,25). The molecule has 4 heterocycles. The summed E-state index contributed by atoms with van der Waals surface area (Å²) in [5.41, 5.74) is -1.03. The van der Waals surface area contributed by atoms with E-state index in [-0.39, 0.29) is 16.9 Å². The van der Waals surface area contributed by atoms with Crippen LogP contribution in [0.3, 0.4) is 0 Å². The van der Waals surface area contributed by atoms with E-state index in [0.29, 0.717) is 31.3 Å². The van der Waals surface area contributed by atoms with Gasteiger partial charge in [-0.1, -0.05) is 0 Å². The predicted octanol–water partition coefficient (Wildman–Crippen LogP) is 1.09. The number of anilines is 1. The van der Waals surface area contributed by atoms with Gasteiger partial charge in [0.15, 0.2) is 22.4 Å². The zero-order chi connectivity index (χ0) is 18.3. The lowest BCUT2D eigenvalue weighted by Gasteiger charge is -2.28. The van der Waals surface area contributed by atoms with Gasteiger partial charge in [0.05, 0.1) is 5.39 Å². The molecule has 8 nitrogen and oxygen atoms in total. The molecule has 0 spiro atoms. The first-order valence-electron chi connectivity index (χ1n) is 7.91. The Kier molecular flexibility index (Phi) is 4.13. The van der Waals surface area contributed by atoms with Crippen LogP contribution in [0.2, 0.25) is 0 Å². The van der Waals surface area contributed by atoms with Crippen LogP contribution in [0.4, 0.5) is 10.2 Å². The van der Waals surface area contributed by atoms with E-state index in [4.69, 9.17) is 0 Å². The summed E-state index contributed by atoms with van der Waals surface area (Å²) in [5, 5.41) is 14.6. The van der Waals surface area contributed by atoms with Gasteiger partial charge in [-0.05, 0) is 6.07 Å². The molecule has 3 aromatic heterocycles. The molecule has 0 radical (unpaired) electrons. The van der Waals surface area contributed by atoms with Gasteiger partial charge in [0.25, 0.3) is 0 Å². The number of carboxylic acids is 1. The number of fused-ring (bicyclic) bond motifs is 1. The third-order valence-electron chi connectivity index (χ3n) is 4.19. The second-order valence-electron chi connectivity index (χ2n) is 5.76. The average molecular weight is 375 g/mol. The molecule has 4 rings (SSSR count). The van der Waals surface area contributed by atoms with E-state index in [9.17, 15) is 19.1 Å². The number of carbonyl (C=O) groups is 1. The van der Waals surface area contributed by atoms with Crippen molar-refractivity contribution in [3.8, 4) is 5.13 Å². The Morgan fingerprint density at radius 2 is 2.12 bits per heavy atom. The molecular weight excluding hydrogens is 361 g/mol. The number of aromatic carboxylic acids is 1. The van der Waals surface area contributed by atoms with Crippen molar-refractivity contribution in [2.24, 2.45) is 0 Å². The third kappa shape index (κ3) is 2.72. The van der Waals surface area contributed by atoms with Gasteiger partial charge in [-0.2, -0.15) is 0 Å². The van der Waals surface area contributed by atoms with Crippen LogP contribution in [-0.2, 0) is 0 Å². The summed E-state index contributed by atoms with van der Waals surface area (Å²) in [7, 11) is 0. The minimum atomic E-state index is -1.38. The van der Waals surface area contributed by atoms with Crippen molar-refractivity contribution in [3.63, 3.8) is 0 Å². The van der Waals surface area contributed by atoms with Gasteiger partial charge in [0, 0.05) is 44.0 Å². The lowest BCUT2D eigenvalue weighted by atomic mass is 10.2. The smallest absolute Gasteiger partial charge is 0.341 e. The molecule has 0 aromatic carbocycles. The number of hydrogen-bond acceptors (Lipinski definition) is 7. The molecule has 26 heavy (non-hydrogen) atoms. The number of thiazole rings is 1. The van der Waals surface area contributed by atoms with Gasteiger partial charge in [0.2, 0.25) is 5.43 Å².